The van der Waals surface area contributed by atoms with Crippen LogP contribution in [-0.2, 0) is 11.3 Å². The van der Waals surface area contributed by atoms with Crippen molar-refractivity contribution in [3.8, 4) is 0 Å². The van der Waals surface area contributed by atoms with Crippen molar-refractivity contribution in [2.75, 3.05) is 66.1 Å². The molecule has 31 heavy (non-hydrogen) atoms. The largest absolute Gasteiger partial charge is 0.379 e. The molecule has 4 rings (SSSR count). The molecular weight excluding hydrogens is 416 g/mol. The van der Waals surface area contributed by atoms with Crippen molar-refractivity contribution >= 4 is 17.6 Å². The highest BCUT2D eigenvalue weighted by Crippen LogP contribution is 2.24. The van der Waals surface area contributed by atoms with E-state index in [0.717, 1.165) is 82.2 Å². The van der Waals surface area contributed by atoms with E-state index >= 15 is 0 Å². The lowest BCUT2D eigenvalue weighted by molar-refractivity contribution is 0.0168. The van der Waals surface area contributed by atoms with Gasteiger partial charge in [-0.1, -0.05) is 28.9 Å². The molecular formula is C22H31ClN6O2. The van der Waals surface area contributed by atoms with Gasteiger partial charge < -0.3 is 19.5 Å². The summed E-state index contributed by atoms with van der Waals surface area (Å²) in [6.45, 7) is 8.74. The SMILES string of the molecule is CN=C(NCC(c1cccc(Cl)c1)N1CCOCC1)N1CCN(Cc2ccon2)CC1. The fraction of sp³-hybridized carbons (Fsp3) is 0.545. The lowest BCUT2D eigenvalue weighted by atomic mass is 10.0. The molecule has 168 valence electrons. The number of aliphatic imine (C=N–C) groups is 1. The second-order valence-electron chi connectivity index (χ2n) is 7.90. The Morgan fingerprint density at radius 3 is 2.65 bits per heavy atom. The van der Waals surface area contributed by atoms with Crippen molar-refractivity contribution in [1.29, 1.82) is 0 Å². The zero-order valence-electron chi connectivity index (χ0n) is 18.0. The van der Waals surface area contributed by atoms with E-state index in [9.17, 15) is 0 Å². The smallest absolute Gasteiger partial charge is 0.193 e. The number of rotatable bonds is 6. The average molecular weight is 447 g/mol. The molecule has 2 aliphatic heterocycles. The summed E-state index contributed by atoms with van der Waals surface area (Å²) in [4.78, 5) is 11.7. The van der Waals surface area contributed by atoms with E-state index < -0.39 is 0 Å². The molecule has 0 radical (unpaired) electrons. The topological polar surface area (TPSA) is 69.4 Å². The predicted molar refractivity (Wildman–Crippen MR) is 121 cm³/mol. The van der Waals surface area contributed by atoms with Gasteiger partial charge in [0.2, 0.25) is 0 Å². The van der Waals surface area contributed by atoms with Gasteiger partial charge in [0.15, 0.2) is 5.96 Å². The molecule has 2 fully saturated rings. The van der Waals surface area contributed by atoms with Gasteiger partial charge in [-0.3, -0.25) is 14.8 Å². The van der Waals surface area contributed by atoms with E-state index in [-0.39, 0.29) is 6.04 Å². The summed E-state index contributed by atoms with van der Waals surface area (Å²) in [5.74, 6) is 0.946. The molecule has 1 unspecified atom stereocenters. The lowest BCUT2D eigenvalue weighted by Gasteiger charge is -2.38. The molecule has 1 atom stereocenters. The second kappa shape index (κ2) is 10.9. The van der Waals surface area contributed by atoms with Gasteiger partial charge in [-0.15, -0.1) is 0 Å². The van der Waals surface area contributed by atoms with Crippen LogP contribution in [0.15, 0.2) is 46.1 Å². The number of halogens is 1. The Bertz CT molecular complexity index is 832. The molecule has 2 aromatic rings. The first-order chi connectivity index (χ1) is 15.2. The van der Waals surface area contributed by atoms with Gasteiger partial charge >= 0.3 is 0 Å². The molecule has 1 N–H and O–H groups in total. The van der Waals surface area contributed by atoms with E-state index in [4.69, 9.17) is 20.9 Å². The number of piperazine rings is 1. The van der Waals surface area contributed by atoms with Crippen LogP contribution in [0, 0.1) is 0 Å². The molecule has 3 heterocycles. The standard InChI is InChI=1S/C22H31ClN6O2/c1-24-22(29-8-6-27(7-9-29)17-20-5-12-31-26-20)25-16-21(28-10-13-30-14-11-28)18-3-2-4-19(23)15-18/h2-5,12,15,21H,6-11,13-14,16-17H2,1H3,(H,24,25). The number of nitrogens with one attached hydrogen (secondary N) is 1. The quantitative estimate of drug-likeness (QED) is 0.538. The Labute approximate surface area is 188 Å². The number of aromatic nitrogens is 1. The molecule has 0 amide bonds. The van der Waals surface area contributed by atoms with Crippen LogP contribution in [0.25, 0.3) is 0 Å². The van der Waals surface area contributed by atoms with E-state index in [2.05, 4.69) is 42.3 Å². The highest BCUT2D eigenvalue weighted by atomic mass is 35.5. The van der Waals surface area contributed by atoms with Gasteiger partial charge in [-0.05, 0) is 17.7 Å². The lowest BCUT2D eigenvalue weighted by Crippen LogP contribution is -2.53. The average Bonchev–Trinajstić information content (AvgIpc) is 3.31. The van der Waals surface area contributed by atoms with Crippen LogP contribution in [0.3, 0.4) is 0 Å². The molecule has 9 heteroatoms. The Morgan fingerprint density at radius 2 is 1.97 bits per heavy atom. The summed E-state index contributed by atoms with van der Waals surface area (Å²) in [5, 5.41) is 8.41. The van der Waals surface area contributed by atoms with Crippen LogP contribution in [0.5, 0.6) is 0 Å². The molecule has 1 aromatic carbocycles. The molecule has 0 saturated carbocycles. The molecule has 1 aromatic heterocycles. The zero-order valence-corrected chi connectivity index (χ0v) is 18.8. The van der Waals surface area contributed by atoms with Crippen molar-refractivity contribution in [3.63, 3.8) is 0 Å². The van der Waals surface area contributed by atoms with Gasteiger partial charge in [0.25, 0.3) is 0 Å². The summed E-state index contributed by atoms with van der Waals surface area (Å²) in [5.41, 5.74) is 2.20. The molecule has 0 spiro atoms. The van der Waals surface area contributed by atoms with E-state index in [0.29, 0.717) is 0 Å². The number of ether oxygens (including phenoxy) is 1. The van der Waals surface area contributed by atoms with E-state index in [1.807, 2.05) is 25.2 Å². The Kier molecular flexibility index (Phi) is 7.80. The van der Waals surface area contributed by atoms with Gasteiger partial charge in [-0.2, -0.15) is 0 Å². The van der Waals surface area contributed by atoms with E-state index in [1.165, 1.54) is 5.56 Å². The van der Waals surface area contributed by atoms with Crippen LogP contribution in [-0.4, -0.2) is 91.9 Å². The second-order valence-corrected chi connectivity index (χ2v) is 8.34. The maximum Gasteiger partial charge on any atom is 0.193 e. The van der Waals surface area contributed by atoms with Crippen LogP contribution < -0.4 is 5.32 Å². The number of nitrogens with zero attached hydrogens (tertiary/aromatic N) is 5. The third kappa shape index (κ3) is 5.98. The predicted octanol–water partition coefficient (Wildman–Crippen LogP) is 2.09. The van der Waals surface area contributed by atoms with Crippen LogP contribution >= 0.6 is 11.6 Å². The first-order valence-electron chi connectivity index (χ1n) is 10.9. The number of hydrogen-bond acceptors (Lipinski definition) is 6. The first kappa shape index (κ1) is 22.1. The first-order valence-corrected chi connectivity index (χ1v) is 11.2. The maximum atomic E-state index is 6.29. The third-order valence-electron chi connectivity index (χ3n) is 5.93. The van der Waals surface area contributed by atoms with Crippen molar-refractivity contribution in [2.45, 2.75) is 12.6 Å². The highest BCUT2D eigenvalue weighted by Gasteiger charge is 2.25. The molecule has 0 bridgehead atoms. The minimum Gasteiger partial charge on any atom is -0.379 e. The van der Waals surface area contributed by atoms with Gasteiger partial charge in [0, 0.05) is 70.5 Å². The van der Waals surface area contributed by atoms with Crippen LogP contribution in [0.4, 0.5) is 0 Å². The molecule has 2 saturated heterocycles. The summed E-state index contributed by atoms with van der Waals surface area (Å²) in [6.07, 6.45) is 1.63. The number of morpholine rings is 1. The van der Waals surface area contributed by atoms with Crippen molar-refractivity contribution in [3.05, 3.63) is 52.9 Å². The summed E-state index contributed by atoms with van der Waals surface area (Å²) >= 11 is 6.29. The number of benzene rings is 1. The van der Waals surface area contributed by atoms with Gasteiger partial charge in [0.1, 0.15) is 6.26 Å². The summed E-state index contributed by atoms with van der Waals surface area (Å²) in [7, 11) is 1.85. The molecule has 8 nitrogen and oxygen atoms in total. The van der Waals surface area contributed by atoms with Gasteiger partial charge in [-0.25, -0.2) is 0 Å². The Morgan fingerprint density at radius 1 is 1.16 bits per heavy atom. The number of hydrogen-bond donors (Lipinski definition) is 1. The molecule has 2 aliphatic rings. The minimum atomic E-state index is 0.216. The fourth-order valence-electron chi connectivity index (χ4n) is 4.25. The van der Waals surface area contributed by atoms with Crippen molar-refractivity contribution < 1.29 is 9.26 Å². The Hall–Kier alpha value is -2.13. The normalized spacial score (nSPS) is 20.1. The van der Waals surface area contributed by atoms with Crippen molar-refractivity contribution in [1.82, 2.24) is 25.2 Å². The summed E-state index contributed by atoms with van der Waals surface area (Å²) < 4.78 is 10.5. The highest BCUT2D eigenvalue weighted by molar-refractivity contribution is 6.30. The summed E-state index contributed by atoms with van der Waals surface area (Å²) in [6, 6.07) is 10.3. The van der Waals surface area contributed by atoms with Crippen LogP contribution in [0.1, 0.15) is 17.3 Å². The van der Waals surface area contributed by atoms with Crippen LogP contribution in [0.2, 0.25) is 5.02 Å². The molecule has 0 aliphatic carbocycles. The van der Waals surface area contributed by atoms with Gasteiger partial charge in [0.05, 0.1) is 24.9 Å². The number of guanidine groups is 1. The zero-order chi connectivity index (χ0) is 21.5. The fourth-order valence-corrected chi connectivity index (χ4v) is 4.45. The maximum absolute atomic E-state index is 6.29. The minimum absolute atomic E-state index is 0.216. The van der Waals surface area contributed by atoms with E-state index in [1.54, 1.807) is 6.26 Å². The third-order valence-corrected chi connectivity index (χ3v) is 6.17. The van der Waals surface area contributed by atoms with Crippen molar-refractivity contribution in [2.24, 2.45) is 4.99 Å². The monoisotopic (exact) mass is 446 g/mol. The Balaban J connectivity index is 1.35.